The fourth-order valence-electron chi connectivity index (χ4n) is 1.51. The molecule has 0 saturated heterocycles. The van der Waals surface area contributed by atoms with Gasteiger partial charge in [-0.1, -0.05) is 0 Å². The van der Waals surface area contributed by atoms with E-state index in [4.69, 9.17) is 37.1 Å². The molecule has 0 amide bonds. The third kappa shape index (κ3) is 11.5. The van der Waals surface area contributed by atoms with Gasteiger partial charge >= 0.3 is 0 Å². The van der Waals surface area contributed by atoms with E-state index in [9.17, 15) is 0 Å². The molecule has 7 nitrogen and oxygen atoms in total. The molecule has 0 aromatic heterocycles. The minimum absolute atomic E-state index is 0.387. The summed E-state index contributed by atoms with van der Waals surface area (Å²) in [7, 11) is 0. The molecule has 0 fully saturated rings. The Morgan fingerprint density at radius 2 is 0.900 bits per heavy atom. The van der Waals surface area contributed by atoms with Crippen LogP contribution in [-0.4, -0.2) is 64.8 Å². The Balaban J connectivity index is 3.98. The lowest BCUT2D eigenvalue weighted by atomic mass is 10.1. The fraction of sp³-hybridized carbons (Fsp3) is 1.00. The van der Waals surface area contributed by atoms with E-state index in [1.165, 1.54) is 0 Å². The molecule has 0 aliphatic carbocycles. The molecule has 0 heterocycles. The Morgan fingerprint density at radius 1 is 0.600 bits per heavy atom. The van der Waals surface area contributed by atoms with Gasteiger partial charge in [0.05, 0.1) is 25.4 Å². The van der Waals surface area contributed by atoms with Crippen LogP contribution in [0.2, 0.25) is 0 Å². The van der Waals surface area contributed by atoms with E-state index in [1.807, 2.05) is 0 Å². The van der Waals surface area contributed by atoms with E-state index in [1.54, 1.807) is 0 Å². The van der Waals surface area contributed by atoms with E-state index in [0.717, 1.165) is 19.3 Å². The van der Waals surface area contributed by atoms with Gasteiger partial charge in [-0.25, -0.2) is 0 Å². The molecule has 0 unspecified atom stereocenters. The van der Waals surface area contributed by atoms with Crippen LogP contribution >= 0.6 is 0 Å². The topological polar surface area (TPSA) is 132 Å². The number of nitrogens with two attached hydrogens (primary N) is 4. The van der Waals surface area contributed by atoms with Crippen molar-refractivity contribution in [2.45, 2.75) is 24.8 Å². The molecule has 8 N–H and O–H groups in total. The van der Waals surface area contributed by atoms with E-state index in [0.29, 0.717) is 59.3 Å². The van der Waals surface area contributed by atoms with Crippen molar-refractivity contribution >= 4 is 0 Å². The fourth-order valence-corrected chi connectivity index (χ4v) is 1.51. The third-order valence-electron chi connectivity index (χ3n) is 2.65. The first-order valence-corrected chi connectivity index (χ1v) is 7.31. The van der Waals surface area contributed by atoms with Gasteiger partial charge in [-0.2, -0.15) is 0 Å². The molecule has 0 saturated carbocycles. The zero-order chi connectivity index (χ0) is 15.1. The number of hydrogen-bond donors (Lipinski definition) is 4. The van der Waals surface area contributed by atoms with Crippen molar-refractivity contribution < 1.29 is 14.2 Å². The van der Waals surface area contributed by atoms with Crippen molar-refractivity contribution in [1.82, 2.24) is 0 Å². The summed E-state index contributed by atoms with van der Waals surface area (Å²) in [4.78, 5) is 0. The van der Waals surface area contributed by atoms with Crippen LogP contribution in [0.1, 0.15) is 19.3 Å². The van der Waals surface area contributed by atoms with Crippen molar-refractivity contribution in [3.63, 3.8) is 0 Å². The monoisotopic (exact) mass is 292 g/mol. The minimum atomic E-state index is -0.641. The van der Waals surface area contributed by atoms with Crippen LogP contribution in [0.5, 0.6) is 0 Å². The Kier molecular flexibility index (Phi) is 13.5. The largest absolute Gasteiger partial charge is 0.379 e. The SMILES string of the molecule is NCCCOCC(N)(COCCCN)COCCCN. The van der Waals surface area contributed by atoms with Crippen LogP contribution in [0.25, 0.3) is 0 Å². The van der Waals surface area contributed by atoms with Crippen molar-refractivity contribution in [1.29, 1.82) is 0 Å². The lowest BCUT2D eigenvalue weighted by Gasteiger charge is -2.29. The summed E-state index contributed by atoms with van der Waals surface area (Å²) in [6.45, 7) is 4.78. The second kappa shape index (κ2) is 13.7. The molecule has 0 aliphatic heterocycles. The smallest absolute Gasteiger partial charge is 0.0865 e. The summed E-state index contributed by atoms with van der Waals surface area (Å²) in [6, 6.07) is 0. The maximum atomic E-state index is 6.28. The van der Waals surface area contributed by atoms with Crippen LogP contribution in [0.3, 0.4) is 0 Å². The number of ether oxygens (including phenoxy) is 3. The lowest BCUT2D eigenvalue weighted by molar-refractivity contribution is -0.0231. The average molecular weight is 292 g/mol. The van der Waals surface area contributed by atoms with Crippen LogP contribution < -0.4 is 22.9 Å². The van der Waals surface area contributed by atoms with Gasteiger partial charge in [0.15, 0.2) is 0 Å². The van der Waals surface area contributed by atoms with Gasteiger partial charge in [0.25, 0.3) is 0 Å². The first-order valence-electron chi connectivity index (χ1n) is 7.31. The van der Waals surface area contributed by atoms with E-state index >= 15 is 0 Å². The highest BCUT2D eigenvalue weighted by molar-refractivity contribution is 4.84. The van der Waals surface area contributed by atoms with Gasteiger partial charge in [0, 0.05) is 19.8 Å². The highest BCUT2D eigenvalue weighted by Gasteiger charge is 2.26. The Hall–Kier alpha value is -0.280. The zero-order valence-electron chi connectivity index (χ0n) is 12.5. The van der Waals surface area contributed by atoms with Gasteiger partial charge < -0.3 is 37.1 Å². The number of hydrogen-bond acceptors (Lipinski definition) is 7. The normalized spacial score (nSPS) is 12.0. The summed E-state index contributed by atoms with van der Waals surface area (Å²) in [5.41, 5.74) is 21.9. The van der Waals surface area contributed by atoms with Gasteiger partial charge in [-0.3, -0.25) is 0 Å². The maximum Gasteiger partial charge on any atom is 0.0865 e. The van der Waals surface area contributed by atoms with Gasteiger partial charge in [0.1, 0.15) is 0 Å². The van der Waals surface area contributed by atoms with Crippen molar-refractivity contribution in [3.05, 3.63) is 0 Å². The molecule has 122 valence electrons. The molecule has 0 aromatic carbocycles. The van der Waals surface area contributed by atoms with Crippen LogP contribution in [0.15, 0.2) is 0 Å². The second-order valence-electron chi connectivity index (χ2n) is 4.95. The van der Waals surface area contributed by atoms with Crippen LogP contribution in [0, 0.1) is 0 Å². The quantitative estimate of drug-likeness (QED) is 0.278. The Labute approximate surface area is 122 Å². The Bertz CT molecular complexity index is 177. The maximum absolute atomic E-state index is 6.28. The minimum Gasteiger partial charge on any atom is -0.379 e. The molecular weight excluding hydrogens is 260 g/mol. The standard InChI is InChI=1S/C13H32N4O3/c14-4-1-7-18-10-13(17,11-19-8-2-5-15)12-20-9-3-6-16/h1-12,14-17H2. The van der Waals surface area contributed by atoms with Crippen molar-refractivity contribution in [2.24, 2.45) is 22.9 Å². The van der Waals surface area contributed by atoms with E-state index < -0.39 is 5.54 Å². The summed E-state index contributed by atoms with van der Waals surface area (Å²) in [5, 5.41) is 0. The predicted molar refractivity (Wildman–Crippen MR) is 80.4 cm³/mol. The number of rotatable bonds is 15. The predicted octanol–water partition coefficient (Wildman–Crippen LogP) is -1.22. The molecular formula is C13H32N4O3. The van der Waals surface area contributed by atoms with Gasteiger partial charge in [0.2, 0.25) is 0 Å². The summed E-state index contributed by atoms with van der Waals surface area (Å²) in [5.74, 6) is 0. The summed E-state index contributed by atoms with van der Waals surface area (Å²) < 4.78 is 16.6. The first kappa shape index (κ1) is 19.7. The lowest BCUT2D eigenvalue weighted by Crippen LogP contribution is -2.53. The second-order valence-corrected chi connectivity index (χ2v) is 4.95. The molecule has 0 aromatic rings. The summed E-state index contributed by atoms with van der Waals surface area (Å²) >= 11 is 0. The Morgan fingerprint density at radius 3 is 1.15 bits per heavy atom. The van der Waals surface area contributed by atoms with Crippen molar-refractivity contribution in [3.8, 4) is 0 Å². The zero-order valence-corrected chi connectivity index (χ0v) is 12.5. The molecule has 0 radical (unpaired) electrons. The summed E-state index contributed by atoms with van der Waals surface area (Å²) in [6.07, 6.45) is 2.45. The van der Waals surface area contributed by atoms with E-state index in [2.05, 4.69) is 0 Å². The average Bonchev–Trinajstić information content (AvgIpc) is 2.45. The first-order chi connectivity index (χ1) is 9.68. The van der Waals surface area contributed by atoms with Crippen molar-refractivity contribution in [2.75, 3.05) is 59.3 Å². The van der Waals surface area contributed by atoms with E-state index in [-0.39, 0.29) is 0 Å². The van der Waals surface area contributed by atoms with Gasteiger partial charge in [-0.05, 0) is 38.9 Å². The van der Waals surface area contributed by atoms with Crippen LogP contribution in [-0.2, 0) is 14.2 Å². The molecule has 0 aliphatic rings. The molecule has 0 rings (SSSR count). The molecule has 20 heavy (non-hydrogen) atoms. The van der Waals surface area contributed by atoms with Crippen LogP contribution in [0.4, 0.5) is 0 Å². The highest BCUT2D eigenvalue weighted by Crippen LogP contribution is 2.05. The molecule has 7 heteroatoms. The van der Waals surface area contributed by atoms with Gasteiger partial charge in [-0.15, -0.1) is 0 Å². The molecule has 0 atom stereocenters. The third-order valence-corrected chi connectivity index (χ3v) is 2.65. The highest BCUT2D eigenvalue weighted by atomic mass is 16.5. The molecule has 0 bridgehead atoms. The molecule has 0 spiro atoms.